The van der Waals surface area contributed by atoms with Gasteiger partial charge in [0.05, 0.1) is 19.3 Å². The minimum absolute atomic E-state index is 0.106. The molecule has 0 aliphatic carbocycles. The Hall–Kier alpha value is -2.37. The van der Waals surface area contributed by atoms with E-state index in [0.29, 0.717) is 12.2 Å². The summed E-state index contributed by atoms with van der Waals surface area (Å²) in [5, 5.41) is 0. The van der Waals surface area contributed by atoms with Crippen molar-refractivity contribution in [3.05, 3.63) is 29.8 Å². The molecule has 0 aliphatic heterocycles. The molecule has 1 aromatic rings. The highest BCUT2D eigenvalue weighted by Gasteiger charge is 2.25. The third-order valence-electron chi connectivity index (χ3n) is 3.19. The maximum absolute atomic E-state index is 11.1. The van der Waals surface area contributed by atoms with Crippen LogP contribution in [0.4, 0.5) is 0 Å². The molecule has 1 unspecified atom stereocenters. The van der Waals surface area contributed by atoms with Crippen molar-refractivity contribution in [1.82, 2.24) is 0 Å². The summed E-state index contributed by atoms with van der Waals surface area (Å²) in [4.78, 5) is 26.5. The van der Waals surface area contributed by atoms with E-state index < -0.39 is 5.54 Å². The van der Waals surface area contributed by atoms with Crippen molar-refractivity contribution in [2.24, 2.45) is 4.99 Å². The molecule has 126 valence electrons. The highest BCUT2D eigenvalue weighted by atomic mass is 16.5. The summed E-state index contributed by atoms with van der Waals surface area (Å²) in [6, 6.07) is 7.46. The number of nitrogens with zero attached hydrogens (tertiary/aromatic N) is 1. The lowest BCUT2D eigenvalue weighted by molar-refractivity contribution is -0.145. The molecule has 0 saturated heterocycles. The quantitative estimate of drug-likeness (QED) is 0.543. The number of methoxy groups -OCH3 is 1. The van der Waals surface area contributed by atoms with Crippen LogP contribution in [0.3, 0.4) is 0 Å². The average molecular weight is 321 g/mol. The Balaban J connectivity index is 2.87. The van der Waals surface area contributed by atoms with Gasteiger partial charge in [0.1, 0.15) is 12.4 Å². The van der Waals surface area contributed by atoms with Gasteiger partial charge in [-0.1, -0.05) is 12.1 Å². The standard InChI is InChI=1S/C17H23NO5/c1-13(19)22-10-9-17(3,12-23-14(2)20)18-11-15-7-5-6-8-16(15)21-4/h5-8,11H,9-10,12H2,1-4H3. The molecule has 0 aliphatic rings. The number of esters is 2. The zero-order chi connectivity index (χ0) is 17.3. The zero-order valence-electron chi connectivity index (χ0n) is 14.0. The molecule has 1 atom stereocenters. The van der Waals surface area contributed by atoms with Crippen LogP contribution in [0.15, 0.2) is 29.3 Å². The Labute approximate surface area is 136 Å². The number of carbonyl (C=O) groups excluding carboxylic acids is 2. The first-order valence-corrected chi connectivity index (χ1v) is 7.31. The number of carbonyl (C=O) groups is 2. The number of hydrogen-bond donors (Lipinski definition) is 0. The number of ether oxygens (including phenoxy) is 3. The summed E-state index contributed by atoms with van der Waals surface area (Å²) in [6.45, 7) is 4.84. The molecule has 0 spiro atoms. The average Bonchev–Trinajstić information content (AvgIpc) is 2.51. The summed E-state index contributed by atoms with van der Waals surface area (Å²) in [7, 11) is 1.59. The van der Waals surface area contributed by atoms with Gasteiger partial charge in [0.25, 0.3) is 0 Å². The Morgan fingerprint density at radius 2 is 1.83 bits per heavy atom. The van der Waals surface area contributed by atoms with Crippen LogP contribution < -0.4 is 4.74 Å². The van der Waals surface area contributed by atoms with E-state index in [1.54, 1.807) is 13.3 Å². The van der Waals surface area contributed by atoms with Gasteiger partial charge in [-0.05, 0) is 19.1 Å². The fourth-order valence-electron chi connectivity index (χ4n) is 1.84. The number of benzene rings is 1. The minimum atomic E-state index is -0.692. The van der Waals surface area contributed by atoms with Crippen molar-refractivity contribution in [1.29, 1.82) is 0 Å². The lowest BCUT2D eigenvalue weighted by atomic mass is 10.0. The highest BCUT2D eigenvalue weighted by molar-refractivity contribution is 5.83. The third-order valence-corrected chi connectivity index (χ3v) is 3.19. The Bertz CT molecular complexity index is 570. The van der Waals surface area contributed by atoms with Crippen LogP contribution in [0.5, 0.6) is 5.75 Å². The first kappa shape index (κ1) is 18.7. The predicted molar refractivity (Wildman–Crippen MR) is 86.9 cm³/mol. The van der Waals surface area contributed by atoms with Crippen molar-refractivity contribution < 1.29 is 23.8 Å². The van der Waals surface area contributed by atoms with Gasteiger partial charge in [0, 0.05) is 32.0 Å². The van der Waals surface area contributed by atoms with E-state index in [9.17, 15) is 9.59 Å². The zero-order valence-corrected chi connectivity index (χ0v) is 14.0. The minimum Gasteiger partial charge on any atom is -0.496 e. The van der Waals surface area contributed by atoms with Crippen LogP contribution in [-0.4, -0.2) is 44.0 Å². The molecule has 1 rings (SSSR count). The van der Waals surface area contributed by atoms with E-state index in [-0.39, 0.29) is 25.2 Å². The van der Waals surface area contributed by atoms with Crippen molar-refractivity contribution in [3.8, 4) is 5.75 Å². The molecule has 0 bridgehead atoms. The van der Waals surface area contributed by atoms with Crippen molar-refractivity contribution in [2.45, 2.75) is 32.7 Å². The fourth-order valence-corrected chi connectivity index (χ4v) is 1.84. The topological polar surface area (TPSA) is 74.2 Å². The maximum atomic E-state index is 11.1. The second-order valence-electron chi connectivity index (χ2n) is 5.37. The molecular weight excluding hydrogens is 298 g/mol. The molecule has 0 fully saturated rings. The van der Waals surface area contributed by atoms with Crippen LogP contribution >= 0.6 is 0 Å². The van der Waals surface area contributed by atoms with Crippen molar-refractivity contribution in [2.75, 3.05) is 20.3 Å². The first-order valence-electron chi connectivity index (χ1n) is 7.31. The number of hydrogen-bond acceptors (Lipinski definition) is 6. The van der Waals surface area contributed by atoms with E-state index in [2.05, 4.69) is 4.99 Å². The van der Waals surface area contributed by atoms with Gasteiger partial charge in [-0.2, -0.15) is 0 Å². The SMILES string of the molecule is COc1ccccc1C=NC(C)(CCOC(C)=O)COC(C)=O. The second-order valence-corrected chi connectivity index (χ2v) is 5.37. The monoisotopic (exact) mass is 321 g/mol. The Morgan fingerprint density at radius 3 is 2.43 bits per heavy atom. The number of rotatable bonds is 8. The summed E-state index contributed by atoms with van der Waals surface area (Å²) in [5.74, 6) is -0.0316. The molecule has 0 amide bonds. The fraction of sp³-hybridized carbons (Fsp3) is 0.471. The lowest BCUT2D eigenvalue weighted by Gasteiger charge is -2.24. The van der Waals surface area contributed by atoms with E-state index in [1.165, 1.54) is 13.8 Å². The number of para-hydroxylation sites is 1. The van der Waals surface area contributed by atoms with Gasteiger partial charge in [-0.3, -0.25) is 14.6 Å². The summed E-state index contributed by atoms with van der Waals surface area (Å²) in [6.07, 6.45) is 2.11. The van der Waals surface area contributed by atoms with Crippen molar-refractivity contribution >= 4 is 18.2 Å². The molecule has 0 aromatic heterocycles. The molecule has 1 aromatic carbocycles. The van der Waals surface area contributed by atoms with Crippen LogP contribution in [0.25, 0.3) is 0 Å². The summed E-state index contributed by atoms with van der Waals surface area (Å²) >= 11 is 0. The van der Waals surface area contributed by atoms with Gasteiger partial charge >= 0.3 is 11.9 Å². The summed E-state index contributed by atoms with van der Waals surface area (Å²) < 4.78 is 15.3. The lowest BCUT2D eigenvalue weighted by Crippen LogP contribution is -2.32. The molecule has 6 heteroatoms. The molecule has 0 N–H and O–H groups in total. The van der Waals surface area contributed by atoms with Crippen molar-refractivity contribution in [3.63, 3.8) is 0 Å². The van der Waals surface area contributed by atoms with E-state index in [1.807, 2.05) is 31.2 Å². The van der Waals surface area contributed by atoms with E-state index in [0.717, 1.165) is 5.56 Å². The molecule has 0 heterocycles. The van der Waals surface area contributed by atoms with Gasteiger partial charge in [-0.25, -0.2) is 0 Å². The third kappa shape index (κ3) is 6.95. The van der Waals surface area contributed by atoms with Gasteiger partial charge in [0.2, 0.25) is 0 Å². The van der Waals surface area contributed by atoms with Crippen LogP contribution in [-0.2, 0) is 19.1 Å². The van der Waals surface area contributed by atoms with E-state index >= 15 is 0 Å². The molecule has 0 saturated carbocycles. The van der Waals surface area contributed by atoms with Gasteiger partial charge < -0.3 is 14.2 Å². The molecule has 0 radical (unpaired) electrons. The van der Waals surface area contributed by atoms with E-state index in [4.69, 9.17) is 14.2 Å². The normalized spacial score (nSPS) is 13.4. The van der Waals surface area contributed by atoms with Gasteiger partial charge in [0.15, 0.2) is 0 Å². The smallest absolute Gasteiger partial charge is 0.302 e. The highest BCUT2D eigenvalue weighted by Crippen LogP contribution is 2.20. The van der Waals surface area contributed by atoms with Crippen LogP contribution in [0.2, 0.25) is 0 Å². The Morgan fingerprint density at radius 1 is 1.17 bits per heavy atom. The predicted octanol–water partition coefficient (Wildman–Crippen LogP) is 2.39. The van der Waals surface area contributed by atoms with Crippen LogP contribution in [0.1, 0.15) is 32.8 Å². The molecule has 23 heavy (non-hydrogen) atoms. The summed E-state index contributed by atoms with van der Waals surface area (Å²) in [5.41, 5.74) is 0.124. The maximum Gasteiger partial charge on any atom is 0.302 e. The molecule has 6 nitrogen and oxygen atoms in total. The second kappa shape index (κ2) is 8.92. The Kier molecular flexibility index (Phi) is 7.25. The first-order chi connectivity index (χ1) is 10.9. The largest absolute Gasteiger partial charge is 0.496 e. The van der Waals surface area contributed by atoms with Crippen LogP contribution in [0, 0.1) is 0 Å². The van der Waals surface area contributed by atoms with Gasteiger partial charge in [-0.15, -0.1) is 0 Å². The number of aliphatic imine (C=N–C) groups is 1. The molecular formula is C17H23NO5.